The second kappa shape index (κ2) is 56.1. The topological polar surface area (TPSA) is 78.9 Å². The fourth-order valence-electron chi connectivity index (χ4n) is 7.04. The summed E-state index contributed by atoms with van der Waals surface area (Å²) in [6, 6.07) is 0. The summed E-state index contributed by atoms with van der Waals surface area (Å²) in [5.74, 6) is -1.07. The van der Waals surface area contributed by atoms with E-state index in [1.807, 2.05) is 12.2 Å². The van der Waals surface area contributed by atoms with Crippen LogP contribution < -0.4 is 0 Å². The van der Waals surface area contributed by atoms with Gasteiger partial charge in [0.15, 0.2) is 6.10 Å². The zero-order chi connectivity index (χ0) is 50.0. The van der Waals surface area contributed by atoms with E-state index >= 15 is 0 Å². The summed E-state index contributed by atoms with van der Waals surface area (Å²) in [6.07, 6.45) is 78.8. The van der Waals surface area contributed by atoms with Crippen LogP contribution in [0.15, 0.2) is 134 Å². The van der Waals surface area contributed by atoms with Crippen molar-refractivity contribution in [2.75, 3.05) is 13.2 Å². The Labute approximate surface area is 424 Å². The quantitative estimate of drug-likeness (QED) is 0.0262. The Kier molecular flexibility index (Phi) is 52.5. The van der Waals surface area contributed by atoms with E-state index in [4.69, 9.17) is 14.2 Å². The van der Waals surface area contributed by atoms with E-state index in [0.29, 0.717) is 19.3 Å². The van der Waals surface area contributed by atoms with Gasteiger partial charge in [0.2, 0.25) is 0 Å². The number of esters is 3. The van der Waals surface area contributed by atoms with Gasteiger partial charge in [0, 0.05) is 19.3 Å². The average Bonchev–Trinajstić information content (AvgIpc) is 3.35. The first-order chi connectivity index (χ1) is 34.0. The second-order valence-electron chi connectivity index (χ2n) is 17.7. The van der Waals surface area contributed by atoms with Crippen LogP contribution in [0.4, 0.5) is 0 Å². The third kappa shape index (κ3) is 54.4. The monoisotopic (exact) mass is 953 g/mol. The van der Waals surface area contributed by atoms with Gasteiger partial charge < -0.3 is 14.2 Å². The molecule has 0 N–H and O–H groups in total. The number of hydrogen-bond donors (Lipinski definition) is 0. The van der Waals surface area contributed by atoms with E-state index in [0.717, 1.165) is 96.3 Å². The second-order valence-corrected chi connectivity index (χ2v) is 17.7. The number of carbonyl (C=O) groups excluding carboxylic acids is 3. The summed E-state index contributed by atoms with van der Waals surface area (Å²) in [5.41, 5.74) is 0. The summed E-state index contributed by atoms with van der Waals surface area (Å²) in [5, 5.41) is 0. The van der Waals surface area contributed by atoms with E-state index in [-0.39, 0.29) is 38.0 Å². The highest BCUT2D eigenvalue weighted by Gasteiger charge is 2.19. The van der Waals surface area contributed by atoms with Crippen LogP contribution >= 0.6 is 0 Å². The summed E-state index contributed by atoms with van der Waals surface area (Å²) in [6.45, 7) is 6.29. The minimum atomic E-state index is -0.842. The first-order valence-corrected chi connectivity index (χ1v) is 27.7. The molecule has 0 aliphatic carbocycles. The Morgan fingerprint density at radius 3 is 0.986 bits per heavy atom. The van der Waals surface area contributed by atoms with Crippen LogP contribution in [0.3, 0.4) is 0 Å². The highest BCUT2D eigenvalue weighted by Crippen LogP contribution is 2.13. The lowest BCUT2D eigenvalue weighted by atomic mass is 10.1. The molecule has 0 aromatic carbocycles. The number of ether oxygens (including phenoxy) is 3. The average molecular weight is 953 g/mol. The van der Waals surface area contributed by atoms with Crippen molar-refractivity contribution in [1.82, 2.24) is 0 Å². The van der Waals surface area contributed by atoms with Crippen molar-refractivity contribution in [2.45, 2.75) is 232 Å². The SMILES string of the molecule is CC/C=C\C/C=C\C/C=C\C/C=C\C/C=C\C/C=C\CCC(=O)O[C@H](COC(=O)CCCC/C=C\C/C=C\C/C=C\C/C=C\CC)COC(=O)CCCCCCCCC/C=C\CCCCCCCC. The van der Waals surface area contributed by atoms with Gasteiger partial charge >= 0.3 is 17.9 Å². The molecule has 0 spiro atoms. The van der Waals surface area contributed by atoms with E-state index in [1.54, 1.807) is 0 Å². The van der Waals surface area contributed by atoms with Crippen LogP contribution in [0.2, 0.25) is 0 Å². The number of hydrogen-bond acceptors (Lipinski definition) is 6. The van der Waals surface area contributed by atoms with Crippen LogP contribution in [0.5, 0.6) is 0 Å². The van der Waals surface area contributed by atoms with Gasteiger partial charge in [-0.05, 0) is 122 Å². The molecule has 0 fully saturated rings. The minimum absolute atomic E-state index is 0.128. The Bertz CT molecular complexity index is 1510. The van der Waals surface area contributed by atoms with Crippen molar-refractivity contribution in [3.8, 4) is 0 Å². The smallest absolute Gasteiger partial charge is 0.306 e. The van der Waals surface area contributed by atoms with Gasteiger partial charge in [0.1, 0.15) is 13.2 Å². The molecule has 388 valence electrons. The Hall–Kier alpha value is -4.45. The van der Waals surface area contributed by atoms with Gasteiger partial charge in [-0.15, -0.1) is 0 Å². The van der Waals surface area contributed by atoms with Crippen LogP contribution in [-0.4, -0.2) is 37.2 Å². The van der Waals surface area contributed by atoms with Crippen molar-refractivity contribution >= 4 is 17.9 Å². The lowest BCUT2D eigenvalue weighted by Crippen LogP contribution is -2.30. The van der Waals surface area contributed by atoms with Crippen LogP contribution in [-0.2, 0) is 28.6 Å². The summed E-state index contributed by atoms with van der Waals surface area (Å²) in [4.78, 5) is 38.1. The first kappa shape index (κ1) is 64.5. The van der Waals surface area contributed by atoms with Gasteiger partial charge in [-0.1, -0.05) is 219 Å². The molecule has 0 rings (SSSR count). The lowest BCUT2D eigenvalue weighted by Gasteiger charge is -2.18. The summed E-state index contributed by atoms with van der Waals surface area (Å²) >= 11 is 0. The number of rotatable bonds is 48. The van der Waals surface area contributed by atoms with Crippen molar-refractivity contribution < 1.29 is 28.6 Å². The van der Waals surface area contributed by atoms with Gasteiger partial charge in [-0.3, -0.25) is 14.4 Å². The molecule has 0 aliphatic rings. The van der Waals surface area contributed by atoms with E-state index in [1.165, 1.54) is 77.0 Å². The molecule has 1 atom stereocenters. The number of carbonyl (C=O) groups is 3. The third-order valence-electron chi connectivity index (χ3n) is 11.1. The maximum atomic E-state index is 12.8. The molecule has 0 bridgehead atoms. The van der Waals surface area contributed by atoms with Crippen molar-refractivity contribution in [2.24, 2.45) is 0 Å². The van der Waals surface area contributed by atoms with Gasteiger partial charge in [-0.25, -0.2) is 0 Å². The van der Waals surface area contributed by atoms with E-state index in [2.05, 4.69) is 142 Å². The van der Waals surface area contributed by atoms with Crippen LogP contribution in [0.25, 0.3) is 0 Å². The predicted molar refractivity (Wildman–Crippen MR) is 297 cm³/mol. The first-order valence-electron chi connectivity index (χ1n) is 27.7. The highest BCUT2D eigenvalue weighted by atomic mass is 16.6. The Balaban J connectivity index is 4.59. The largest absolute Gasteiger partial charge is 0.462 e. The van der Waals surface area contributed by atoms with Crippen LogP contribution in [0.1, 0.15) is 226 Å². The zero-order valence-corrected chi connectivity index (χ0v) is 44.3. The maximum absolute atomic E-state index is 12.8. The predicted octanol–water partition coefficient (Wildman–Crippen LogP) is 18.6. The fraction of sp³-hybridized carbons (Fsp3) is 0.603. The fourth-order valence-corrected chi connectivity index (χ4v) is 7.04. The van der Waals surface area contributed by atoms with Crippen molar-refractivity contribution in [3.63, 3.8) is 0 Å². The summed E-state index contributed by atoms with van der Waals surface area (Å²) < 4.78 is 16.7. The van der Waals surface area contributed by atoms with Crippen molar-refractivity contribution in [3.05, 3.63) is 134 Å². The highest BCUT2D eigenvalue weighted by molar-refractivity contribution is 5.71. The summed E-state index contributed by atoms with van der Waals surface area (Å²) in [7, 11) is 0. The molecular formula is C63H100O6. The normalized spacial score (nSPS) is 13.1. The molecule has 0 unspecified atom stereocenters. The van der Waals surface area contributed by atoms with Crippen LogP contribution in [0, 0.1) is 0 Å². The molecule has 6 nitrogen and oxygen atoms in total. The Morgan fingerprint density at radius 1 is 0.304 bits per heavy atom. The van der Waals surface area contributed by atoms with Gasteiger partial charge in [-0.2, -0.15) is 0 Å². The van der Waals surface area contributed by atoms with Gasteiger partial charge in [0.25, 0.3) is 0 Å². The standard InChI is InChI=1S/C63H100O6/c1-4-7-10-13-16-19-22-25-28-30-31-33-36-39-42-45-48-51-54-57-63(66)69-60(58-67-61(64)55-52-49-46-43-40-37-34-27-24-21-18-15-12-9-6-3)59-68-62(65)56-53-50-47-44-41-38-35-32-29-26-23-20-17-14-11-8-5-2/h7,9-10,12,16,18-19,21,25-29,31,33-34,39-40,42-43,48,51,60H,4-6,8,11,13-15,17,20,22-24,30,32,35-38,41,44-47,49-50,52-59H2,1-3H3/b10-7-,12-9-,19-16-,21-18-,28-25-,29-26-,33-31-,34-27-,42-39-,43-40-,51-48-/t60-/m1/s1. The molecule has 0 saturated heterocycles. The maximum Gasteiger partial charge on any atom is 0.306 e. The van der Waals surface area contributed by atoms with Crippen molar-refractivity contribution in [1.29, 1.82) is 0 Å². The molecule has 0 heterocycles. The number of allylic oxidation sites excluding steroid dienone is 22. The minimum Gasteiger partial charge on any atom is -0.462 e. The third-order valence-corrected chi connectivity index (χ3v) is 11.1. The van der Waals surface area contributed by atoms with Gasteiger partial charge in [0.05, 0.1) is 0 Å². The van der Waals surface area contributed by atoms with E-state index < -0.39 is 12.1 Å². The molecule has 6 heteroatoms. The molecule has 0 radical (unpaired) electrons. The molecule has 69 heavy (non-hydrogen) atoms. The molecule has 0 saturated carbocycles. The molecular weight excluding hydrogens is 853 g/mol. The molecule has 0 aromatic heterocycles. The number of unbranched alkanes of at least 4 members (excludes halogenated alkanes) is 15. The van der Waals surface area contributed by atoms with E-state index in [9.17, 15) is 14.4 Å². The zero-order valence-electron chi connectivity index (χ0n) is 44.3. The Morgan fingerprint density at radius 2 is 0.594 bits per heavy atom. The molecule has 0 amide bonds. The lowest BCUT2D eigenvalue weighted by molar-refractivity contribution is -0.166. The molecule has 0 aromatic rings. The molecule has 0 aliphatic heterocycles.